The summed E-state index contributed by atoms with van der Waals surface area (Å²) in [6, 6.07) is 6.86. The van der Waals surface area contributed by atoms with Gasteiger partial charge in [0.15, 0.2) is 0 Å². The lowest BCUT2D eigenvalue weighted by atomic mass is 9.79. The molecule has 2 unspecified atom stereocenters. The van der Waals surface area contributed by atoms with Crippen molar-refractivity contribution in [2.24, 2.45) is 10.9 Å². The maximum Gasteiger partial charge on any atom is 0.124 e. The molecule has 0 aromatic heterocycles. The normalized spacial score (nSPS) is 31.1. The van der Waals surface area contributed by atoms with Crippen LogP contribution < -0.4 is 4.74 Å². The Kier molecular flexibility index (Phi) is 3.26. The van der Waals surface area contributed by atoms with Gasteiger partial charge in [0.25, 0.3) is 0 Å². The van der Waals surface area contributed by atoms with Crippen molar-refractivity contribution in [3.8, 4) is 5.75 Å². The minimum absolute atomic E-state index is 0.496. The molecule has 0 amide bonds. The van der Waals surface area contributed by atoms with Crippen LogP contribution in [0.15, 0.2) is 23.2 Å². The maximum atomic E-state index is 5.59. The summed E-state index contributed by atoms with van der Waals surface area (Å²) in [5.74, 6) is 2.40. The Labute approximate surface area is 127 Å². The second-order valence-electron chi connectivity index (χ2n) is 6.63. The maximum absolute atomic E-state index is 5.59. The Balaban J connectivity index is 1.66. The summed E-state index contributed by atoms with van der Waals surface area (Å²) in [5.41, 5.74) is 3.90. The molecule has 0 spiro atoms. The highest BCUT2D eigenvalue weighted by Gasteiger charge is 2.42. The molecule has 112 valence electrons. The Morgan fingerprint density at radius 3 is 3.00 bits per heavy atom. The Morgan fingerprint density at radius 2 is 2.19 bits per heavy atom. The zero-order chi connectivity index (χ0) is 14.4. The fourth-order valence-corrected chi connectivity index (χ4v) is 4.46. The van der Waals surface area contributed by atoms with Gasteiger partial charge in [-0.25, -0.2) is 0 Å². The van der Waals surface area contributed by atoms with Gasteiger partial charge in [0.2, 0.25) is 0 Å². The minimum Gasteiger partial charge on any atom is -0.496 e. The highest BCUT2D eigenvalue weighted by molar-refractivity contribution is 6.03. The highest BCUT2D eigenvalue weighted by Crippen LogP contribution is 2.47. The van der Waals surface area contributed by atoms with E-state index in [4.69, 9.17) is 9.73 Å². The van der Waals surface area contributed by atoms with Gasteiger partial charge >= 0.3 is 0 Å². The first kappa shape index (κ1) is 13.3. The molecule has 2 fully saturated rings. The van der Waals surface area contributed by atoms with Gasteiger partial charge in [-0.05, 0) is 43.9 Å². The first-order valence-corrected chi connectivity index (χ1v) is 8.31. The van der Waals surface area contributed by atoms with Crippen LogP contribution >= 0.6 is 0 Å². The van der Waals surface area contributed by atoms with Gasteiger partial charge in [-0.1, -0.05) is 19.4 Å². The van der Waals surface area contributed by atoms with E-state index >= 15 is 0 Å². The summed E-state index contributed by atoms with van der Waals surface area (Å²) < 4.78 is 5.59. The number of hydrogen-bond acceptors (Lipinski definition) is 3. The van der Waals surface area contributed by atoms with Crippen LogP contribution in [0.4, 0.5) is 5.69 Å². The molecular formula is C18H24N2O. The van der Waals surface area contributed by atoms with Crippen molar-refractivity contribution in [2.75, 3.05) is 20.2 Å². The molecule has 0 N–H and O–H groups in total. The van der Waals surface area contributed by atoms with Crippen LogP contribution in [0.25, 0.3) is 0 Å². The number of hydrogen-bond donors (Lipinski definition) is 0. The smallest absolute Gasteiger partial charge is 0.124 e. The third-order valence-electron chi connectivity index (χ3n) is 5.62. The predicted molar refractivity (Wildman–Crippen MR) is 85.8 cm³/mol. The van der Waals surface area contributed by atoms with Crippen molar-refractivity contribution in [3.63, 3.8) is 0 Å². The van der Waals surface area contributed by atoms with Gasteiger partial charge in [0, 0.05) is 29.8 Å². The molecule has 0 radical (unpaired) electrons. The number of rotatable bonds is 2. The van der Waals surface area contributed by atoms with E-state index in [-0.39, 0.29) is 0 Å². The fourth-order valence-electron chi connectivity index (χ4n) is 4.46. The van der Waals surface area contributed by atoms with Crippen molar-refractivity contribution in [2.45, 2.75) is 44.6 Å². The summed E-state index contributed by atoms with van der Waals surface area (Å²) >= 11 is 0. The van der Waals surface area contributed by atoms with E-state index in [1.165, 1.54) is 50.0 Å². The molecule has 3 atom stereocenters. The first-order chi connectivity index (χ1) is 10.3. The van der Waals surface area contributed by atoms with Gasteiger partial charge in [-0.15, -0.1) is 0 Å². The van der Waals surface area contributed by atoms with Gasteiger partial charge in [-0.2, -0.15) is 0 Å². The lowest BCUT2D eigenvalue weighted by molar-refractivity contribution is 0.126. The van der Waals surface area contributed by atoms with Gasteiger partial charge in [-0.3, -0.25) is 9.89 Å². The van der Waals surface area contributed by atoms with E-state index in [9.17, 15) is 0 Å². The number of fused-ring (bicyclic) bond motifs is 5. The first-order valence-electron chi connectivity index (χ1n) is 8.31. The average Bonchev–Trinajstić information content (AvgIpc) is 2.93. The van der Waals surface area contributed by atoms with E-state index in [2.05, 4.69) is 30.0 Å². The molecule has 2 saturated heterocycles. The van der Waals surface area contributed by atoms with Crippen LogP contribution in [-0.2, 0) is 0 Å². The summed E-state index contributed by atoms with van der Waals surface area (Å²) in [6.07, 6.45) is 5.15. The van der Waals surface area contributed by atoms with E-state index in [0.717, 1.165) is 17.4 Å². The van der Waals surface area contributed by atoms with Crippen molar-refractivity contribution in [1.82, 2.24) is 4.90 Å². The number of methoxy groups -OCH3 is 1. The Morgan fingerprint density at radius 1 is 1.29 bits per heavy atom. The molecule has 0 saturated carbocycles. The number of benzene rings is 1. The molecule has 4 rings (SSSR count). The van der Waals surface area contributed by atoms with E-state index in [1.54, 1.807) is 7.11 Å². The largest absolute Gasteiger partial charge is 0.496 e. The second kappa shape index (κ2) is 5.13. The average molecular weight is 284 g/mol. The van der Waals surface area contributed by atoms with Gasteiger partial charge in [0.1, 0.15) is 5.75 Å². The monoisotopic (exact) mass is 284 g/mol. The van der Waals surface area contributed by atoms with E-state index in [1.807, 2.05) is 0 Å². The van der Waals surface area contributed by atoms with Crippen LogP contribution in [0.3, 0.4) is 0 Å². The molecule has 21 heavy (non-hydrogen) atoms. The lowest BCUT2D eigenvalue weighted by Crippen LogP contribution is -2.52. The van der Waals surface area contributed by atoms with Gasteiger partial charge in [0.05, 0.1) is 12.8 Å². The second-order valence-corrected chi connectivity index (χ2v) is 6.63. The van der Waals surface area contributed by atoms with Crippen molar-refractivity contribution in [1.29, 1.82) is 0 Å². The topological polar surface area (TPSA) is 24.8 Å². The van der Waals surface area contributed by atoms with Crippen LogP contribution in [0.1, 0.15) is 44.1 Å². The molecule has 3 nitrogen and oxygen atoms in total. The van der Waals surface area contributed by atoms with Crippen molar-refractivity contribution < 1.29 is 4.74 Å². The molecular weight excluding hydrogens is 260 g/mol. The predicted octanol–water partition coefficient (Wildman–Crippen LogP) is 3.76. The zero-order valence-corrected chi connectivity index (χ0v) is 13.0. The fraction of sp³-hybridized carbons (Fsp3) is 0.611. The number of piperidine rings is 2. The quantitative estimate of drug-likeness (QED) is 0.826. The third kappa shape index (κ3) is 2.02. The van der Waals surface area contributed by atoms with E-state index in [0.29, 0.717) is 12.0 Å². The molecule has 1 aromatic rings. The molecule has 1 aromatic carbocycles. The van der Waals surface area contributed by atoms with Crippen molar-refractivity contribution in [3.05, 3.63) is 23.8 Å². The minimum atomic E-state index is 0.496. The van der Waals surface area contributed by atoms with Crippen LogP contribution in [0.5, 0.6) is 5.75 Å². The molecule has 3 aliphatic rings. The highest BCUT2D eigenvalue weighted by atomic mass is 16.5. The number of nitrogens with zero attached hydrogens (tertiary/aromatic N) is 2. The summed E-state index contributed by atoms with van der Waals surface area (Å²) in [5, 5.41) is 0. The standard InChI is InChI=1S/C18H24N2O/c1-3-12-7-8-15-18-13(9-10-20(15)11-12)17-14(19-18)5-4-6-16(17)21-2/h4-6,12-13,15H,3,7-11H2,1-2H3/t12-,13?,15?/m1/s1. The molecule has 3 aliphatic heterocycles. The zero-order valence-electron chi connectivity index (χ0n) is 13.0. The Bertz CT molecular complexity index is 581. The van der Waals surface area contributed by atoms with E-state index < -0.39 is 0 Å². The Hall–Kier alpha value is -1.35. The summed E-state index contributed by atoms with van der Waals surface area (Å²) in [7, 11) is 1.77. The SMILES string of the molecule is CC[C@@H]1CCC2C3=Nc4cccc(OC)c4C3CCN2C1. The van der Waals surface area contributed by atoms with Crippen LogP contribution in [0.2, 0.25) is 0 Å². The molecule has 3 heteroatoms. The number of ether oxygens (including phenoxy) is 1. The lowest BCUT2D eigenvalue weighted by Gasteiger charge is -2.44. The summed E-state index contributed by atoms with van der Waals surface area (Å²) in [6.45, 7) is 4.80. The van der Waals surface area contributed by atoms with Gasteiger partial charge < -0.3 is 4.74 Å². The van der Waals surface area contributed by atoms with Crippen LogP contribution in [-0.4, -0.2) is 36.9 Å². The van der Waals surface area contributed by atoms with Crippen molar-refractivity contribution >= 4 is 11.4 Å². The summed E-state index contributed by atoms with van der Waals surface area (Å²) in [4.78, 5) is 7.70. The third-order valence-corrected chi connectivity index (χ3v) is 5.62. The molecule has 0 aliphatic carbocycles. The molecule has 3 heterocycles. The molecule has 0 bridgehead atoms. The van der Waals surface area contributed by atoms with Crippen LogP contribution in [0, 0.1) is 5.92 Å². The number of aliphatic imine (C=N–C) groups is 1.